The topological polar surface area (TPSA) is 97.0 Å². The fraction of sp³-hybridized carbons (Fsp3) is 0.211. The smallest absolute Gasteiger partial charge is 0.325 e. The van der Waals surface area contributed by atoms with Gasteiger partial charge in [0.15, 0.2) is 11.5 Å². The molecule has 0 unspecified atom stereocenters. The fourth-order valence-electron chi connectivity index (χ4n) is 3.17. The third-order valence-corrected chi connectivity index (χ3v) is 4.73. The Kier molecular flexibility index (Phi) is 4.33. The number of hydrogen-bond acceptors (Lipinski definition) is 5. The molecule has 2 aliphatic rings. The molecule has 2 aliphatic heterocycles. The average Bonchev–Trinajstić information content (AvgIpc) is 3.23. The lowest BCUT2D eigenvalue weighted by Gasteiger charge is -2.22. The van der Waals surface area contributed by atoms with E-state index in [0.717, 1.165) is 18.2 Å². The predicted octanol–water partition coefficient (Wildman–Crippen LogP) is 2.10. The van der Waals surface area contributed by atoms with Gasteiger partial charge in [0.1, 0.15) is 23.7 Å². The Morgan fingerprint density at radius 1 is 1.17 bits per heavy atom. The number of carbonyl (C=O) groups is 3. The summed E-state index contributed by atoms with van der Waals surface area (Å²) in [6, 6.07) is 6.57. The highest BCUT2D eigenvalue weighted by atomic mass is 19.1. The molecule has 0 aliphatic carbocycles. The molecule has 4 amide bonds. The van der Waals surface area contributed by atoms with E-state index in [4.69, 9.17) is 9.47 Å². The lowest BCUT2D eigenvalue weighted by Crippen LogP contribution is -2.42. The molecule has 2 aromatic rings. The van der Waals surface area contributed by atoms with Crippen LogP contribution in [0, 0.1) is 11.6 Å². The minimum atomic E-state index is -1.43. The maximum absolute atomic E-state index is 13.7. The molecular formula is C19H15F2N3O5. The number of amides is 4. The zero-order valence-corrected chi connectivity index (χ0v) is 15.1. The molecule has 1 saturated heterocycles. The molecule has 4 rings (SSSR count). The average molecular weight is 403 g/mol. The van der Waals surface area contributed by atoms with E-state index in [1.165, 1.54) is 6.92 Å². The van der Waals surface area contributed by atoms with Crippen LogP contribution < -0.4 is 20.1 Å². The second-order valence-corrected chi connectivity index (χ2v) is 6.69. The summed E-state index contributed by atoms with van der Waals surface area (Å²) in [6.45, 7) is 0.883. The molecule has 10 heteroatoms. The van der Waals surface area contributed by atoms with E-state index in [9.17, 15) is 23.2 Å². The zero-order valence-electron chi connectivity index (χ0n) is 15.1. The van der Waals surface area contributed by atoms with Crippen molar-refractivity contribution in [1.29, 1.82) is 0 Å². The van der Waals surface area contributed by atoms with Crippen molar-refractivity contribution in [3.63, 3.8) is 0 Å². The van der Waals surface area contributed by atoms with E-state index in [-0.39, 0.29) is 12.5 Å². The number of halogens is 2. The fourth-order valence-corrected chi connectivity index (χ4v) is 3.17. The van der Waals surface area contributed by atoms with Gasteiger partial charge in [0.25, 0.3) is 5.91 Å². The number of hydrogen-bond donors (Lipinski definition) is 2. The molecule has 0 spiro atoms. The summed E-state index contributed by atoms with van der Waals surface area (Å²) >= 11 is 0. The van der Waals surface area contributed by atoms with Crippen molar-refractivity contribution in [2.45, 2.75) is 12.5 Å². The summed E-state index contributed by atoms with van der Waals surface area (Å²) in [5.41, 5.74) is -1.37. The number of imide groups is 1. The lowest BCUT2D eigenvalue weighted by molar-refractivity contribution is -0.133. The van der Waals surface area contributed by atoms with E-state index >= 15 is 0 Å². The van der Waals surface area contributed by atoms with E-state index in [1.807, 2.05) is 0 Å². The Balaban J connectivity index is 1.52. The first-order valence-electron chi connectivity index (χ1n) is 8.57. The Bertz CT molecular complexity index is 1040. The molecule has 0 aromatic heterocycles. The maximum Gasteiger partial charge on any atom is 0.325 e. The number of rotatable bonds is 4. The van der Waals surface area contributed by atoms with Crippen LogP contribution in [0.3, 0.4) is 0 Å². The van der Waals surface area contributed by atoms with Crippen LogP contribution in [0.15, 0.2) is 36.4 Å². The number of fused-ring (bicyclic) bond motifs is 1. The van der Waals surface area contributed by atoms with Gasteiger partial charge in [-0.25, -0.2) is 13.6 Å². The maximum atomic E-state index is 13.7. The largest absolute Gasteiger partial charge is 0.454 e. The number of ether oxygens (including phenoxy) is 2. The van der Waals surface area contributed by atoms with Crippen LogP contribution >= 0.6 is 0 Å². The quantitative estimate of drug-likeness (QED) is 0.763. The molecule has 29 heavy (non-hydrogen) atoms. The minimum Gasteiger partial charge on any atom is -0.454 e. The van der Waals surface area contributed by atoms with Crippen molar-refractivity contribution in [3.05, 3.63) is 53.6 Å². The molecular weight excluding hydrogens is 388 g/mol. The Morgan fingerprint density at radius 2 is 1.93 bits per heavy atom. The number of nitrogens with zero attached hydrogens (tertiary/aromatic N) is 1. The van der Waals surface area contributed by atoms with Crippen LogP contribution in [0.1, 0.15) is 12.5 Å². The van der Waals surface area contributed by atoms with Gasteiger partial charge in [-0.3, -0.25) is 14.5 Å². The second kappa shape index (κ2) is 6.73. The van der Waals surface area contributed by atoms with Gasteiger partial charge >= 0.3 is 6.03 Å². The molecule has 0 bridgehead atoms. The molecule has 1 atom stereocenters. The molecule has 2 N–H and O–H groups in total. The van der Waals surface area contributed by atoms with E-state index in [0.29, 0.717) is 22.0 Å². The standard InChI is InChI=1S/C19H15F2N3O5/c1-19(10-2-5-14-15(6-10)29-9-28-14)17(26)24(18(27)23-19)8-16(25)22-13-7-11(20)3-4-12(13)21/h2-7H,8-9H2,1H3,(H,22,25)(H,23,27)/t19-/m0/s1. The van der Waals surface area contributed by atoms with Crippen molar-refractivity contribution in [2.24, 2.45) is 0 Å². The first kappa shape index (κ1) is 18.7. The van der Waals surface area contributed by atoms with Crippen molar-refractivity contribution >= 4 is 23.5 Å². The van der Waals surface area contributed by atoms with Crippen molar-refractivity contribution in [1.82, 2.24) is 10.2 Å². The number of carbonyl (C=O) groups excluding carboxylic acids is 3. The van der Waals surface area contributed by atoms with Gasteiger partial charge in [-0.15, -0.1) is 0 Å². The zero-order chi connectivity index (χ0) is 20.8. The SMILES string of the molecule is C[C@@]1(c2ccc3c(c2)OCO3)NC(=O)N(CC(=O)Nc2cc(F)ccc2F)C1=O. The van der Waals surface area contributed by atoms with Gasteiger partial charge in [0.2, 0.25) is 12.7 Å². The summed E-state index contributed by atoms with van der Waals surface area (Å²) in [4.78, 5) is 38.2. The molecule has 150 valence electrons. The highest BCUT2D eigenvalue weighted by Crippen LogP contribution is 2.37. The van der Waals surface area contributed by atoms with Gasteiger partial charge < -0.3 is 20.1 Å². The van der Waals surface area contributed by atoms with Gasteiger partial charge in [0.05, 0.1) is 5.69 Å². The number of benzene rings is 2. The molecule has 1 fully saturated rings. The van der Waals surface area contributed by atoms with E-state index < -0.39 is 41.6 Å². The van der Waals surface area contributed by atoms with Crippen molar-refractivity contribution in [3.8, 4) is 11.5 Å². The van der Waals surface area contributed by atoms with Crippen LogP contribution in [-0.4, -0.2) is 36.1 Å². The number of urea groups is 1. The first-order chi connectivity index (χ1) is 13.8. The third kappa shape index (κ3) is 3.22. The van der Waals surface area contributed by atoms with Gasteiger partial charge in [-0.05, 0) is 36.8 Å². The normalized spacial score (nSPS) is 20.0. The summed E-state index contributed by atoms with van der Waals surface area (Å²) in [6.07, 6.45) is 0. The monoisotopic (exact) mass is 403 g/mol. The van der Waals surface area contributed by atoms with Crippen LogP contribution in [0.4, 0.5) is 19.3 Å². The van der Waals surface area contributed by atoms with Crippen LogP contribution in [0.2, 0.25) is 0 Å². The Morgan fingerprint density at radius 3 is 2.72 bits per heavy atom. The van der Waals surface area contributed by atoms with Crippen LogP contribution in [0.25, 0.3) is 0 Å². The first-order valence-corrected chi connectivity index (χ1v) is 8.57. The van der Waals surface area contributed by atoms with Gasteiger partial charge in [0, 0.05) is 6.07 Å². The molecule has 2 heterocycles. The Hall–Kier alpha value is -3.69. The number of anilines is 1. The molecule has 2 aromatic carbocycles. The predicted molar refractivity (Wildman–Crippen MR) is 95.1 cm³/mol. The van der Waals surface area contributed by atoms with Crippen molar-refractivity contribution < 1.29 is 32.6 Å². The molecule has 0 saturated carbocycles. The minimum absolute atomic E-state index is 0.0543. The Labute approximate surface area is 163 Å². The highest BCUT2D eigenvalue weighted by Gasteiger charge is 2.49. The van der Waals surface area contributed by atoms with Crippen molar-refractivity contribution in [2.75, 3.05) is 18.7 Å². The highest BCUT2D eigenvalue weighted by molar-refractivity contribution is 6.10. The number of nitrogens with one attached hydrogen (secondary N) is 2. The lowest BCUT2D eigenvalue weighted by atomic mass is 9.91. The summed E-state index contributed by atoms with van der Waals surface area (Å²) in [5.74, 6) is -2.16. The van der Waals surface area contributed by atoms with Crippen LogP contribution in [0.5, 0.6) is 11.5 Å². The van der Waals surface area contributed by atoms with Gasteiger partial charge in [-0.2, -0.15) is 0 Å². The van der Waals surface area contributed by atoms with Gasteiger partial charge in [-0.1, -0.05) is 6.07 Å². The second-order valence-electron chi connectivity index (χ2n) is 6.69. The van der Waals surface area contributed by atoms with E-state index in [2.05, 4.69) is 10.6 Å². The van der Waals surface area contributed by atoms with E-state index in [1.54, 1.807) is 18.2 Å². The van der Waals surface area contributed by atoms with Crippen LogP contribution in [-0.2, 0) is 15.1 Å². The summed E-state index contributed by atoms with van der Waals surface area (Å²) < 4.78 is 37.5. The summed E-state index contributed by atoms with van der Waals surface area (Å²) in [7, 11) is 0. The molecule has 0 radical (unpaired) electrons. The molecule has 8 nitrogen and oxygen atoms in total. The third-order valence-electron chi connectivity index (χ3n) is 4.73. The summed E-state index contributed by atoms with van der Waals surface area (Å²) in [5, 5.41) is 4.71.